The number of nitrogens with two attached hydrogens (primary N) is 1. The van der Waals surface area contributed by atoms with E-state index in [1.54, 1.807) is 0 Å². The highest BCUT2D eigenvalue weighted by molar-refractivity contribution is 5.85. The van der Waals surface area contributed by atoms with Gasteiger partial charge in [0.05, 0.1) is 0 Å². The number of nitrogens with zero attached hydrogens (tertiary/aromatic N) is 1. The summed E-state index contributed by atoms with van der Waals surface area (Å²) in [4.78, 5) is 13.9. The average Bonchev–Trinajstić information content (AvgIpc) is 2.39. The van der Waals surface area contributed by atoms with Crippen LogP contribution in [0, 0.1) is 5.92 Å². The second kappa shape index (κ2) is 8.73. The average molecular weight is 279 g/mol. The zero-order chi connectivity index (χ0) is 12.8. The summed E-state index contributed by atoms with van der Waals surface area (Å²) in [7, 11) is 3.41. The third-order valence-electron chi connectivity index (χ3n) is 4.06. The number of rotatable bonds is 5. The fourth-order valence-corrected chi connectivity index (χ4v) is 2.65. The molecule has 0 bridgehead atoms. The van der Waals surface area contributed by atoms with Gasteiger partial charge in [-0.15, -0.1) is 12.4 Å². The molecule has 5 heteroatoms. The van der Waals surface area contributed by atoms with Crippen LogP contribution >= 0.6 is 12.4 Å². The normalized spacial score (nSPS) is 25.1. The minimum Gasteiger partial charge on any atom is -0.370 e. The van der Waals surface area contributed by atoms with Gasteiger partial charge in [-0.1, -0.05) is 13.3 Å². The molecule has 4 nitrogen and oxygen atoms in total. The number of halogens is 1. The summed E-state index contributed by atoms with van der Waals surface area (Å²) in [5.41, 5.74) is 5.52. The number of amides is 1. The molecule has 0 heterocycles. The van der Waals surface area contributed by atoms with Crippen molar-refractivity contribution in [1.29, 1.82) is 0 Å². The SMILES string of the molecule is CCC1CCC(N(C)C(=O)C(CN)OC)CC1.Cl. The van der Waals surface area contributed by atoms with Crippen molar-refractivity contribution in [3.8, 4) is 0 Å². The summed E-state index contributed by atoms with van der Waals surface area (Å²) in [6.07, 6.45) is 5.47. The van der Waals surface area contributed by atoms with Crippen LogP contribution in [0.15, 0.2) is 0 Å². The molecule has 0 aromatic rings. The van der Waals surface area contributed by atoms with Crippen LogP contribution < -0.4 is 5.73 Å². The van der Waals surface area contributed by atoms with E-state index in [4.69, 9.17) is 10.5 Å². The first kappa shape index (κ1) is 17.7. The minimum atomic E-state index is -0.483. The van der Waals surface area contributed by atoms with Crippen LogP contribution in [0.3, 0.4) is 0 Å². The Morgan fingerprint density at radius 1 is 1.39 bits per heavy atom. The van der Waals surface area contributed by atoms with Gasteiger partial charge in [-0.3, -0.25) is 4.79 Å². The van der Waals surface area contributed by atoms with Crippen LogP contribution in [0.5, 0.6) is 0 Å². The molecule has 18 heavy (non-hydrogen) atoms. The first-order valence-electron chi connectivity index (χ1n) is 6.63. The molecule has 1 atom stereocenters. The van der Waals surface area contributed by atoms with E-state index in [2.05, 4.69) is 6.92 Å². The van der Waals surface area contributed by atoms with Gasteiger partial charge in [-0.25, -0.2) is 0 Å². The van der Waals surface area contributed by atoms with Gasteiger partial charge in [0, 0.05) is 26.7 Å². The van der Waals surface area contributed by atoms with E-state index in [-0.39, 0.29) is 24.9 Å². The molecule has 0 saturated heterocycles. The second-order valence-electron chi connectivity index (χ2n) is 4.99. The summed E-state index contributed by atoms with van der Waals surface area (Å²) in [6.45, 7) is 2.50. The molecule has 108 valence electrons. The molecule has 0 aliphatic heterocycles. The Labute approximate surface area is 117 Å². The van der Waals surface area contributed by atoms with Gasteiger partial charge in [0.1, 0.15) is 6.10 Å². The summed E-state index contributed by atoms with van der Waals surface area (Å²) < 4.78 is 5.10. The summed E-state index contributed by atoms with van der Waals surface area (Å²) in [6, 6.07) is 0.370. The zero-order valence-electron chi connectivity index (χ0n) is 11.7. The number of methoxy groups -OCH3 is 1. The van der Waals surface area contributed by atoms with Crippen molar-refractivity contribution in [3.05, 3.63) is 0 Å². The fourth-order valence-electron chi connectivity index (χ4n) is 2.65. The van der Waals surface area contributed by atoms with Crippen LogP contribution in [-0.2, 0) is 9.53 Å². The second-order valence-corrected chi connectivity index (χ2v) is 4.99. The van der Waals surface area contributed by atoms with E-state index in [1.807, 2.05) is 11.9 Å². The van der Waals surface area contributed by atoms with E-state index < -0.39 is 6.10 Å². The van der Waals surface area contributed by atoms with Gasteiger partial charge >= 0.3 is 0 Å². The van der Waals surface area contributed by atoms with E-state index in [9.17, 15) is 4.79 Å². The Morgan fingerprint density at radius 2 is 1.94 bits per heavy atom. The third kappa shape index (κ3) is 4.41. The van der Waals surface area contributed by atoms with Gasteiger partial charge in [0.15, 0.2) is 0 Å². The van der Waals surface area contributed by atoms with Crippen molar-refractivity contribution in [2.45, 2.75) is 51.2 Å². The molecule has 2 N–H and O–H groups in total. The smallest absolute Gasteiger partial charge is 0.252 e. The van der Waals surface area contributed by atoms with Gasteiger partial charge in [-0.05, 0) is 31.6 Å². The van der Waals surface area contributed by atoms with Crippen LogP contribution in [-0.4, -0.2) is 43.7 Å². The number of hydrogen-bond donors (Lipinski definition) is 1. The van der Waals surface area contributed by atoms with Crippen molar-refractivity contribution in [2.24, 2.45) is 11.7 Å². The van der Waals surface area contributed by atoms with Gasteiger partial charge in [0.2, 0.25) is 0 Å². The van der Waals surface area contributed by atoms with Crippen molar-refractivity contribution in [2.75, 3.05) is 20.7 Å². The lowest BCUT2D eigenvalue weighted by Gasteiger charge is -2.35. The van der Waals surface area contributed by atoms with Crippen molar-refractivity contribution < 1.29 is 9.53 Å². The minimum absolute atomic E-state index is 0. The van der Waals surface area contributed by atoms with Gasteiger partial charge in [-0.2, -0.15) is 0 Å². The first-order valence-corrected chi connectivity index (χ1v) is 6.63. The largest absolute Gasteiger partial charge is 0.370 e. The molecule has 1 aliphatic rings. The molecule has 1 amide bonds. The topological polar surface area (TPSA) is 55.6 Å². The molecule has 0 aromatic heterocycles. The number of hydrogen-bond acceptors (Lipinski definition) is 3. The zero-order valence-corrected chi connectivity index (χ0v) is 12.5. The highest BCUT2D eigenvalue weighted by atomic mass is 35.5. The van der Waals surface area contributed by atoms with Crippen molar-refractivity contribution in [1.82, 2.24) is 4.90 Å². The number of ether oxygens (including phenoxy) is 1. The molecule has 1 aliphatic carbocycles. The van der Waals surface area contributed by atoms with Crippen LogP contribution in [0.2, 0.25) is 0 Å². The van der Waals surface area contributed by atoms with E-state index in [1.165, 1.54) is 26.4 Å². The Balaban J connectivity index is 0.00000289. The Hall–Kier alpha value is -0.320. The van der Waals surface area contributed by atoms with Crippen molar-refractivity contribution in [3.63, 3.8) is 0 Å². The maximum atomic E-state index is 12.1. The number of likely N-dealkylation sites (N-methyl/N-ethyl adjacent to an activating group) is 1. The Bertz CT molecular complexity index is 239. The predicted molar refractivity (Wildman–Crippen MR) is 75.9 cm³/mol. The van der Waals surface area contributed by atoms with Crippen LogP contribution in [0.4, 0.5) is 0 Å². The highest BCUT2D eigenvalue weighted by Crippen LogP contribution is 2.29. The summed E-state index contributed by atoms with van der Waals surface area (Å²) in [5.74, 6) is 0.873. The first-order chi connectivity index (χ1) is 8.13. The molecule has 1 fully saturated rings. The lowest BCUT2D eigenvalue weighted by Crippen LogP contribution is -2.47. The number of carbonyl (C=O) groups excluding carboxylic acids is 1. The quantitative estimate of drug-likeness (QED) is 0.834. The Kier molecular flexibility index (Phi) is 8.57. The fraction of sp³-hybridized carbons (Fsp3) is 0.923. The molecular formula is C13H27ClN2O2. The third-order valence-corrected chi connectivity index (χ3v) is 4.06. The molecular weight excluding hydrogens is 252 g/mol. The monoisotopic (exact) mass is 278 g/mol. The van der Waals surface area contributed by atoms with Crippen LogP contribution in [0.1, 0.15) is 39.0 Å². The lowest BCUT2D eigenvalue weighted by atomic mass is 9.84. The van der Waals surface area contributed by atoms with E-state index in [0.717, 1.165) is 18.8 Å². The van der Waals surface area contributed by atoms with Crippen LogP contribution in [0.25, 0.3) is 0 Å². The molecule has 1 unspecified atom stereocenters. The lowest BCUT2D eigenvalue weighted by molar-refractivity contribution is -0.142. The summed E-state index contributed by atoms with van der Waals surface area (Å²) in [5, 5.41) is 0. The highest BCUT2D eigenvalue weighted by Gasteiger charge is 2.29. The molecule has 0 radical (unpaired) electrons. The molecule has 0 aromatic carbocycles. The predicted octanol–water partition coefficient (Wildman–Crippen LogP) is 1.81. The van der Waals surface area contributed by atoms with Crippen molar-refractivity contribution >= 4 is 18.3 Å². The number of carbonyl (C=O) groups is 1. The van der Waals surface area contributed by atoms with E-state index in [0.29, 0.717) is 6.04 Å². The van der Waals surface area contributed by atoms with E-state index >= 15 is 0 Å². The maximum absolute atomic E-state index is 12.1. The molecule has 0 spiro atoms. The molecule has 1 saturated carbocycles. The Morgan fingerprint density at radius 3 is 2.33 bits per heavy atom. The molecule has 1 rings (SSSR count). The standard InChI is InChI=1S/C13H26N2O2.ClH/c1-4-10-5-7-11(8-6-10)15(2)13(16)12(9-14)17-3;/h10-12H,4-9,14H2,1-3H3;1H. The maximum Gasteiger partial charge on any atom is 0.252 e. The van der Waals surface area contributed by atoms with Gasteiger partial charge < -0.3 is 15.4 Å². The van der Waals surface area contributed by atoms with Gasteiger partial charge in [0.25, 0.3) is 5.91 Å². The summed E-state index contributed by atoms with van der Waals surface area (Å²) >= 11 is 0.